The molecule has 0 saturated carbocycles. The Morgan fingerprint density at radius 1 is 1.38 bits per heavy atom. The molecule has 0 saturated heterocycles. The van der Waals surface area contributed by atoms with Gasteiger partial charge in [0.05, 0.1) is 17.6 Å². The minimum atomic E-state index is -3.77. The zero-order valence-electron chi connectivity index (χ0n) is 12.7. The van der Waals surface area contributed by atoms with Crippen LogP contribution in [0.5, 0.6) is 0 Å². The SMILES string of the molecule is Cc1c(F)cc(CCl)cc1S(=O)(=O)N(C)CCOC(C)C. The molecule has 0 heterocycles. The Morgan fingerprint density at radius 3 is 2.52 bits per heavy atom. The lowest BCUT2D eigenvalue weighted by molar-refractivity contribution is 0.0737. The standard InChI is InChI=1S/C14H21ClFNO3S/c1-10(2)20-6-5-17(4)21(18,19)14-8-12(9-15)7-13(16)11(14)3/h7-8,10H,5-6,9H2,1-4H3. The maximum absolute atomic E-state index is 13.8. The maximum Gasteiger partial charge on any atom is 0.243 e. The van der Waals surface area contributed by atoms with Crippen LogP contribution >= 0.6 is 11.6 Å². The molecular weight excluding hydrogens is 317 g/mol. The van der Waals surface area contributed by atoms with Crippen LogP contribution in [0.3, 0.4) is 0 Å². The monoisotopic (exact) mass is 337 g/mol. The summed E-state index contributed by atoms with van der Waals surface area (Å²) in [5, 5.41) is 0. The molecule has 1 rings (SSSR count). The van der Waals surface area contributed by atoms with Gasteiger partial charge in [-0.3, -0.25) is 0 Å². The first-order valence-electron chi connectivity index (χ1n) is 6.63. The molecule has 7 heteroatoms. The van der Waals surface area contributed by atoms with Gasteiger partial charge in [0.25, 0.3) is 0 Å². The number of ether oxygens (including phenoxy) is 1. The fraction of sp³-hybridized carbons (Fsp3) is 0.571. The number of hydrogen-bond donors (Lipinski definition) is 0. The van der Waals surface area contributed by atoms with E-state index < -0.39 is 15.8 Å². The number of halogens is 2. The normalized spacial score (nSPS) is 12.4. The highest BCUT2D eigenvalue weighted by Gasteiger charge is 2.24. The van der Waals surface area contributed by atoms with Gasteiger partial charge in [0.2, 0.25) is 10.0 Å². The Morgan fingerprint density at radius 2 is 2.00 bits per heavy atom. The quantitative estimate of drug-likeness (QED) is 0.719. The Bertz CT molecular complexity index is 590. The number of benzene rings is 1. The summed E-state index contributed by atoms with van der Waals surface area (Å²) in [6.07, 6.45) is 0.0276. The maximum atomic E-state index is 13.8. The lowest BCUT2D eigenvalue weighted by atomic mass is 10.1. The van der Waals surface area contributed by atoms with Crippen LogP contribution in [0.1, 0.15) is 25.0 Å². The van der Waals surface area contributed by atoms with E-state index in [2.05, 4.69) is 0 Å². The minimum Gasteiger partial charge on any atom is -0.377 e. The second-order valence-electron chi connectivity index (χ2n) is 5.08. The molecular formula is C14H21ClFNO3S. The molecule has 0 atom stereocenters. The Balaban J connectivity index is 3.04. The number of hydrogen-bond acceptors (Lipinski definition) is 3. The van der Waals surface area contributed by atoms with Crippen LogP contribution in [0.4, 0.5) is 4.39 Å². The van der Waals surface area contributed by atoms with E-state index in [0.717, 1.165) is 4.31 Å². The zero-order valence-corrected chi connectivity index (χ0v) is 14.3. The summed E-state index contributed by atoms with van der Waals surface area (Å²) in [6.45, 7) is 5.67. The van der Waals surface area contributed by atoms with Crippen molar-refractivity contribution >= 4 is 21.6 Å². The molecule has 0 aliphatic heterocycles. The van der Waals surface area contributed by atoms with Gasteiger partial charge in [0, 0.05) is 25.0 Å². The van der Waals surface area contributed by atoms with Crippen molar-refractivity contribution in [2.75, 3.05) is 20.2 Å². The third-order valence-electron chi connectivity index (χ3n) is 3.06. The largest absolute Gasteiger partial charge is 0.377 e. The van der Waals surface area contributed by atoms with Crippen molar-refractivity contribution in [3.05, 3.63) is 29.1 Å². The first-order valence-corrected chi connectivity index (χ1v) is 8.60. The molecule has 21 heavy (non-hydrogen) atoms. The number of sulfonamides is 1. The van der Waals surface area contributed by atoms with Crippen LogP contribution in [-0.4, -0.2) is 39.0 Å². The molecule has 0 radical (unpaired) electrons. The Hall–Kier alpha value is -0.690. The van der Waals surface area contributed by atoms with Crippen LogP contribution in [0.15, 0.2) is 17.0 Å². The van der Waals surface area contributed by atoms with Gasteiger partial charge in [-0.05, 0) is 38.5 Å². The first kappa shape index (κ1) is 18.4. The molecule has 0 aliphatic rings. The summed E-state index contributed by atoms with van der Waals surface area (Å²) in [6, 6.07) is 2.67. The summed E-state index contributed by atoms with van der Waals surface area (Å²) in [5.41, 5.74) is 0.533. The van der Waals surface area contributed by atoms with E-state index in [0.29, 0.717) is 5.56 Å². The van der Waals surface area contributed by atoms with Gasteiger partial charge >= 0.3 is 0 Å². The van der Waals surface area contributed by atoms with E-state index in [-0.39, 0.29) is 35.6 Å². The predicted molar refractivity (Wildman–Crippen MR) is 81.6 cm³/mol. The van der Waals surface area contributed by atoms with Crippen molar-refractivity contribution in [2.24, 2.45) is 0 Å². The molecule has 0 aromatic heterocycles. The average Bonchev–Trinajstić information content (AvgIpc) is 2.40. The van der Waals surface area contributed by atoms with E-state index >= 15 is 0 Å². The van der Waals surface area contributed by atoms with Gasteiger partial charge in [-0.25, -0.2) is 12.8 Å². The van der Waals surface area contributed by atoms with Gasteiger partial charge in [0.15, 0.2) is 0 Å². The first-order chi connectivity index (χ1) is 9.70. The summed E-state index contributed by atoms with van der Waals surface area (Å²) >= 11 is 5.68. The van der Waals surface area contributed by atoms with E-state index in [1.54, 1.807) is 0 Å². The number of alkyl halides is 1. The fourth-order valence-electron chi connectivity index (χ4n) is 1.76. The van der Waals surface area contributed by atoms with Crippen LogP contribution in [-0.2, 0) is 20.6 Å². The van der Waals surface area contributed by atoms with Gasteiger partial charge in [-0.15, -0.1) is 11.6 Å². The summed E-state index contributed by atoms with van der Waals surface area (Å²) < 4.78 is 45.3. The average molecular weight is 338 g/mol. The molecule has 0 amide bonds. The highest BCUT2D eigenvalue weighted by molar-refractivity contribution is 7.89. The molecule has 0 fully saturated rings. The van der Waals surface area contributed by atoms with Gasteiger partial charge < -0.3 is 4.74 Å². The van der Waals surface area contributed by atoms with Gasteiger partial charge in [-0.2, -0.15) is 4.31 Å². The second kappa shape index (κ2) is 7.54. The molecule has 0 spiro atoms. The summed E-state index contributed by atoms with van der Waals surface area (Å²) in [5.74, 6) is -0.515. The second-order valence-corrected chi connectivity index (χ2v) is 7.36. The minimum absolute atomic E-state index is 0.0276. The lowest BCUT2D eigenvalue weighted by Gasteiger charge is -2.20. The Labute approximate surface area is 130 Å². The molecule has 0 bridgehead atoms. The van der Waals surface area contributed by atoms with Crippen LogP contribution < -0.4 is 0 Å². The highest BCUT2D eigenvalue weighted by Crippen LogP contribution is 2.24. The van der Waals surface area contributed by atoms with E-state index in [4.69, 9.17) is 16.3 Å². The topological polar surface area (TPSA) is 46.6 Å². The molecule has 0 unspecified atom stereocenters. The molecule has 0 aliphatic carbocycles. The summed E-state index contributed by atoms with van der Waals surface area (Å²) in [4.78, 5) is -0.0507. The van der Waals surface area contributed by atoms with Crippen molar-refractivity contribution in [1.29, 1.82) is 0 Å². The molecule has 1 aromatic carbocycles. The van der Waals surface area contributed by atoms with Crippen molar-refractivity contribution in [1.82, 2.24) is 4.31 Å². The Kier molecular flexibility index (Phi) is 6.59. The van der Waals surface area contributed by atoms with E-state index in [9.17, 15) is 12.8 Å². The molecule has 120 valence electrons. The van der Waals surface area contributed by atoms with Crippen LogP contribution in [0, 0.1) is 12.7 Å². The number of nitrogens with zero attached hydrogens (tertiary/aromatic N) is 1. The van der Waals surface area contributed by atoms with E-state index in [1.165, 1.54) is 26.1 Å². The summed E-state index contributed by atoms with van der Waals surface area (Å²) in [7, 11) is -2.32. The number of likely N-dealkylation sites (N-methyl/N-ethyl adjacent to an activating group) is 1. The van der Waals surface area contributed by atoms with E-state index in [1.807, 2.05) is 13.8 Å². The van der Waals surface area contributed by atoms with Crippen molar-refractivity contribution in [3.63, 3.8) is 0 Å². The molecule has 4 nitrogen and oxygen atoms in total. The van der Waals surface area contributed by atoms with Crippen LogP contribution in [0.25, 0.3) is 0 Å². The van der Waals surface area contributed by atoms with Crippen LogP contribution in [0.2, 0.25) is 0 Å². The lowest BCUT2D eigenvalue weighted by Crippen LogP contribution is -2.31. The van der Waals surface area contributed by atoms with Gasteiger partial charge in [-0.1, -0.05) is 0 Å². The number of rotatable bonds is 7. The molecule has 0 N–H and O–H groups in total. The van der Waals surface area contributed by atoms with Gasteiger partial charge in [0.1, 0.15) is 5.82 Å². The van der Waals surface area contributed by atoms with Crippen molar-refractivity contribution < 1.29 is 17.5 Å². The third kappa shape index (κ3) is 4.64. The smallest absolute Gasteiger partial charge is 0.243 e. The highest BCUT2D eigenvalue weighted by atomic mass is 35.5. The zero-order chi connectivity index (χ0) is 16.2. The predicted octanol–water partition coefficient (Wildman–Crippen LogP) is 2.92. The molecule has 1 aromatic rings. The fourth-order valence-corrected chi connectivity index (χ4v) is 3.35. The van der Waals surface area contributed by atoms with Crippen molar-refractivity contribution in [2.45, 2.75) is 37.7 Å². The third-order valence-corrected chi connectivity index (χ3v) is 5.35. The van der Waals surface area contributed by atoms with Crippen molar-refractivity contribution in [3.8, 4) is 0 Å².